The summed E-state index contributed by atoms with van der Waals surface area (Å²) in [5.41, 5.74) is 3.94. The third-order valence-corrected chi connectivity index (χ3v) is 5.35. The van der Waals surface area contributed by atoms with Crippen LogP contribution in [0.5, 0.6) is 0 Å². The van der Waals surface area contributed by atoms with E-state index in [1.807, 2.05) is 50.2 Å². The minimum Gasteiger partial charge on any atom is -0.339 e. The first-order chi connectivity index (χ1) is 15.6. The number of nitrogens with one attached hydrogen (secondary N) is 1. The van der Waals surface area contributed by atoms with Gasteiger partial charge in [0, 0.05) is 47.7 Å². The number of carbonyl (C=O) groups excluding carboxylic acids is 2. The molecule has 160 valence electrons. The van der Waals surface area contributed by atoms with Crippen LogP contribution in [0.1, 0.15) is 34.6 Å². The van der Waals surface area contributed by atoms with Crippen molar-refractivity contribution < 1.29 is 9.59 Å². The average Bonchev–Trinajstić information content (AvgIpc) is 2.84. The van der Waals surface area contributed by atoms with Crippen molar-refractivity contribution in [2.75, 3.05) is 18.4 Å². The quantitative estimate of drug-likeness (QED) is 0.471. The van der Waals surface area contributed by atoms with E-state index < -0.39 is 0 Å². The van der Waals surface area contributed by atoms with Crippen LogP contribution in [-0.4, -0.2) is 39.8 Å². The minimum absolute atomic E-state index is 0.0552. The highest BCUT2D eigenvalue weighted by Gasteiger charge is 2.16. The van der Waals surface area contributed by atoms with Gasteiger partial charge in [0.25, 0.3) is 11.8 Å². The summed E-state index contributed by atoms with van der Waals surface area (Å²) >= 11 is 0. The number of hydrogen-bond acceptors (Lipinski definition) is 4. The summed E-state index contributed by atoms with van der Waals surface area (Å²) in [6, 6.07) is 20.1. The Bertz CT molecular complexity index is 1270. The molecule has 0 bridgehead atoms. The summed E-state index contributed by atoms with van der Waals surface area (Å²) in [6.07, 6.45) is 3.40. The predicted octanol–water partition coefficient (Wildman–Crippen LogP) is 5.03. The number of carbonyl (C=O) groups is 2. The molecule has 4 rings (SSSR count). The Morgan fingerprint density at radius 2 is 1.66 bits per heavy atom. The molecule has 0 unspecified atom stereocenters. The number of benzene rings is 2. The van der Waals surface area contributed by atoms with Crippen LogP contribution in [0, 0.1) is 0 Å². The second kappa shape index (κ2) is 9.39. The lowest BCUT2D eigenvalue weighted by Gasteiger charge is -2.19. The maximum Gasteiger partial charge on any atom is 0.256 e. The monoisotopic (exact) mass is 424 g/mol. The van der Waals surface area contributed by atoms with Gasteiger partial charge in [0.15, 0.2) is 0 Å². The Balaban J connectivity index is 1.69. The van der Waals surface area contributed by atoms with E-state index in [1.165, 1.54) is 0 Å². The number of anilines is 1. The van der Waals surface area contributed by atoms with Gasteiger partial charge in [-0.05, 0) is 56.3 Å². The first-order valence-corrected chi connectivity index (χ1v) is 10.6. The van der Waals surface area contributed by atoms with E-state index in [9.17, 15) is 9.59 Å². The number of amides is 2. The minimum atomic E-state index is -0.258. The topological polar surface area (TPSA) is 75.2 Å². The molecule has 1 N–H and O–H groups in total. The first-order valence-electron chi connectivity index (χ1n) is 10.6. The molecular weight excluding hydrogens is 400 g/mol. The zero-order valence-electron chi connectivity index (χ0n) is 18.1. The number of rotatable bonds is 6. The molecule has 0 spiro atoms. The lowest BCUT2D eigenvalue weighted by molar-refractivity contribution is 0.0772. The highest BCUT2D eigenvalue weighted by molar-refractivity contribution is 6.13. The zero-order chi connectivity index (χ0) is 22.5. The van der Waals surface area contributed by atoms with E-state index in [0.29, 0.717) is 35.6 Å². The molecular formula is C26H24N4O2. The first kappa shape index (κ1) is 21.2. The van der Waals surface area contributed by atoms with Crippen molar-refractivity contribution in [2.24, 2.45) is 0 Å². The Morgan fingerprint density at radius 3 is 2.41 bits per heavy atom. The summed E-state index contributed by atoms with van der Waals surface area (Å²) in [7, 11) is 0. The molecule has 6 nitrogen and oxygen atoms in total. The van der Waals surface area contributed by atoms with Gasteiger partial charge >= 0.3 is 0 Å². The second-order valence-electron chi connectivity index (χ2n) is 7.32. The Labute approximate surface area is 186 Å². The van der Waals surface area contributed by atoms with E-state index in [1.54, 1.807) is 47.6 Å². The Kier molecular flexibility index (Phi) is 6.22. The molecule has 0 aliphatic carbocycles. The molecule has 0 fully saturated rings. The van der Waals surface area contributed by atoms with Crippen molar-refractivity contribution >= 4 is 28.4 Å². The molecule has 4 aromatic rings. The number of hydrogen-bond donors (Lipinski definition) is 1. The van der Waals surface area contributed by atoms with Crippen molar-refractivity contribution in [3.63, 3.8) is 0 Å². The third-order valence-electron chi connectivity index (χ3n) is 5.35. The predicted molar refractivity (Wildman–Crippen MR) is 127 cm³/mol. The maximum absolute atomic E-state index is 13.3. The van der Waals surface area contributed by atoms with E-state index in [4.69, 9.17) is 4.98 Å². The van der Waals surface area contributed by atoms with Crippen molar-refractivity contribution in [2.45, 2.75) is 13.8 Å². The smallest absolute Gasteiger partial charge is 0.256 e. The number of para-hydroxylation sites is 1. The van der Waals surface area contributed by atoms with Gasteiger partial charge in [-0.15, -0.1) is 0 Å². The van der Waals surface area contributed by atoms with E-state index >= 15 is 0 Å². The fourth-order valence-electron chi connectivity index (χ4n) is 3.66. The molecule has 32 heavy (non-hydrogen) atoms. The molecule has 0 aliphatic heterocycles. The van der Waals surface area contributed by atoms with E-state index in [2.05, 4.69) is 10.3 Å². The van der Waals surface area contributed by atoms with E-state index in [0.717, 1.165) is 16.5 Å². The molecule has 2 heterocycles. The summed E-state index contributed by atoms with van der Waals surface area (Å²) in [5, 5.41) is 3.71. The lowest BCUT2D eigenvalue weighted by Crippen LogP contribution is -2.30. The van der Waals surface area contributed by atoms with Crippen LogP contribution in [0.2, 0.25) is 0 Å². The molecule has 2 aromatic carbocycles. The van der Waals surface area contributed by atoms with Crippen LogP contribution >= 0.6 is 0 Å². The highest BCUT2D eigenvalue weighted by atomic mass is 16.2. The van der Waals surface area contributed by atoms with Gasteiger partial charge in [-0.2, -0.15) is 0 Å². The summed E-state index contributed by atoms with van der Waals surface area (Å²) in [4.78, 5) is 36.5. The lowest BCUT2D eigenvalue weighted by atomic mass is 10.0. The van der Waals surface area contributed by atoms with Gasteiger partial charge in [-0.3, -0.25) is 14.6 Å². The van der Waals surface area contributed by atoms with Gasteiger partial charge in [-0.25, -0.2) is 4.98 Å². The maximum atomic E-state index is 13.3. The van der Waals surface area contributed by atoms with Crippen molar-refractivity contribution in [3.8, 4) is 11.3 Å². The standard InChI is InChI=1S/C26H24N4O2/c1-3-30(4-2)26(32)19-8-7-9-20(16-19)28-25(31)22-17-24(18-12-14-27-15-13-18)29-23-11-6-5-10-21(22)23/h5-17H,3-4H2,1-2H3,(H,28,31). The van der Waals surface area contributed by atoms with Gasteiger partial charge < -0.3 is 10.2 Å². The SMILES string of the molecule is CCN(CC)C(=O)c1cccc(NC(=O)c2cc(-c3ccncc3)nc3ccccc23)c1. The number of pyridine rings is 2. The van der Waals surface area contributed by atoms with Crippen molar-refractivity contribution in [3.05, 3.63) is 90.3 Å². The Hall–Kier alpha value is -4.06. The van der Waals surface area contributed by atoms with Crippen LogP contribution in [0.15, 0.2) is 79.1 Å². The third kappa shape index (κ3) is 4.34. The number of aromatic nitrogens is 2. The molecule has 0 radical (unpaired) electrons. The van der Waals surface area contributed by atoms with Crippen LogP contribution in [0.4, 0.5) is 5.69 Å². The number of fused-ring (bicyclic) bond motifs is 1. The van der Waals surface area contributed by atoms with Crippen LogP contribution in [-0.2, 0) is 0 Å². The molecule has 2 amide bonds. The molecule has 6 heteroatoms. The molecule has 0 atom stereocenters. The van der Waals surface area contributed by atoms with Gasteiger partial charge in [0.1, 0.15) is 0 Å². The van der Waals surface area contributed by atoms with Crippen molar-refractivity contribution in [1.29, 1.82) is 0 Å². The fourth-order valence-corrected chi connectivity index (χ4v) is 3.66. The molecule has 0 aliphatic rings. The molecule has 2 aromatic heterocycles. The normalized spacial score (nSPS) is 10.7. The molecule has 0 saturated carbocycles. The van der Waals surface area contributed by atoms with E-state index in [-0.39, 0.29) is 11.8 Å². The highest BCUT2D eigenvalue weighted by Crippen LogP contribution is 2.25. The average molecular weight is 425 g/mol. The van der Waals surface area contributed by atoms with Gasteiger partial charge in [-0.1, -0.05) is 24.3 Å². The fraction of sp³-hybridized carbons (Fsp3) is 0.154. The number of nitrogens with zero attached hydrogens (tertiary/aromatic N) is 3. The zero-order valence-corrected chi connectivity index (χ0v) is 18.1. The summed E-state index contributed by atoms with van der Waals surface area (Å²) < 4.78 is 0. The van der Waals surface area contributed by atoms with Crippen molar-refractivity contribution in [1.82, 2.24) is 14.9 Å². The van der Waals surface area contributed by atoms with Crippen LogP contribution in [0.3, 0.4) is 0 Å². The summed E-state index contributed by atoms with van der Waals surface area (Å²) in [6.45, 7) is 5.16. The summed E-state index contributed by atoms with van der Waals surface area (Å²) in [5.74, 6) is -0.313. The van der Waals surface area contributed by atoms with Crippen LogP contribution < -0.4 is 5.32 Å². The van der Waals surface area contributed by atoms with Gasteiger partial charge in [0.2, 0.25) is 0 Å². The van der Waals surface area contributed by atoms with Gasteiger partial charge in [0.05, 0.1) is 16.8 Å². The Morgan fingerprint density at radius 1 is 0.906 bits per heavy atom. The second-order valence-corrected chi connectivity index (χ2v) is 7.32. The largest absolute Gasteiger partial charge is 0.339 e. The van der Waals surface area contributed by atoms with Crippen LogP contribution in [0.25, 0.3) is 22.2 Å². The molecule has 0 saturated heterocycles.